The highest BCUT2D eigenvalue weighted by atomic mass is 35.5. The summed E-state index contributed by atoms with van der Waals surface area (Å²) in [6.07, 6.45) is 1.82. The molecule has 39 heavy (non-hydrogen) atoms. The van der Waals surface area contributed by atoms with E-state index in [9.17, 15) is 9.59 Å². The Balaban J connectivity index is 1.66. The van der Waals surface area contributed by atoms with Crippen molar-refractivity contribution < 1.29 is 19.1 Å². The number of ether oxygens (including phenoxy) is 2. The molecule has 3 aromatic carbocycles. The maximum absolute atomic E-state index is 13.3. The minimum absolute atomic E-state index is 0.124. The van der Waals surface area contributed by atoms with Crippen LogP contribution in [0.4, 0.5) is 5.95 Å². The number of rotatable bonds is 10. The second-order valence-electron chi connectivity index (χ2n) is 9.36. The molecule has 0 radical (unpaired) electrons. The van der Waals surface area contributed by atoms with Crippen molar-refractivity contribution in [2.75, 3.05) is 32.6 Å². The summed E-state index contributed by atoms with van der Waals surface area (Å²) in [7, 11) is 3.13. The molecule has 0 unspecified atom stereocenters. The van der Waals surface area contributed by atoms with Gasteiger partial charge in [0.05, 0.1) is 25.6 Å². The number of nitrogens with one attached hydrogen (secondary N) is 1. The molecule has 0 aliphatic carbocycles. The number of amides is 2. The van der Waals surface area contributed by atoms with Gasteiger partial charge in [0.2, 0.25) is 11.9 Å². The molecule has 0 fully saturated rings. The molecular formula is C30H31ClN4O4. The van der Waals surface area contributed by atoms with Gasteiger partial charge >= 0.3 is 0 Å². The van der Waals surface area contributed by atoms with Crippen molar-refractivity contribution in [2.24, 2.45) is 5.92 Å². The summed E-state index contributed by atoms with van der Waals surface area (Å²) in [5.74, 6) is 1.02. The molecule has 9 heteroatoms. The highest BCUT2D eigenvalue weighted by molar-refractivity contribution is 6.30. The number of halogens is 1. The highest BCUT2D eigenvalue weighted by Gasteiger charge is 2.22. The van der Waals surface area contributed by atoms with Crippen molar-refractivity contribution in [3.63, 3.8) is 0 Å². The van der Waals surface area contributed by atoms with E-state index in [0.717, 1.165) is 5.56 Å². The fraction of sp³-hybridized carbons (Fsp3) is 0.233. The molecule has 1 heterocycles. The fourth-order valence-electron chi connectivity index (χ4n) is 4.16. The van der Waals surface area contributed by atoms with Crippen LogP contribution in [-0.2, 0) is 4.79 Å². The van der Waals surface area contributed by atoms with Gasteiger partial charge in [-0.1, -0.05) is 55.8 Å². The zero-order valence-corrected chi connectivity index (χ0v) is 23.1. The standard InChI is InChI=1S/C30H31ClN4O4/c1-20(2)17-34(29(37)22-8-6-5-7-9-22)19-28(36)33-30-32-25(21-10-12-23(31)13-11-21)18-35(30)24-14-15-26(38-3)27(16-24)39-4/h5-16,18,20H,17,19H2,1-4H3,(H,32,33,36). The van der Waals surface area contributed by atoms with Gasteiger partial charge in [0.1, 0.15) is 6.54 Å². The summed E-state index contributed by atoms with van der Waals surface area (Å²) >= 11 is 6.08. The van der Waals surface area contributed by atoms with Crippen molar-refractivity contribution in [3.8, 4) is 28.4 Å². The van der Waals surface area contributed by atoms with Crippen molar-refractivity contribution in [3.05, 3.63) is 89.6 Å². The van der Waals surface area contributed by atoms with Crippen molar-refractivity contribution in [1.29, 1.82) is 0 Å². The van der Waals surface area contributed by atoms with Crippen molar-refractivity contribution in [2.45, 2.75) is 13.8 Å². The summed E-state index contributed by atoms with van der Waals surface area (Å²) < 4.78 is 12.6. The monoisotopic (exact) mass is 546 g/mol. The van der Waals surface area contributed by atoms with Gasteiger partial charge in [-0.3, -0.25) is 19.5 Å². The lowest BCUT2D eigenvalue weighted by atomic mass is 10.1. The summed E-state index contributed by atoms with van der Waals surface area (Å²) in [4.78, 5) is 32.8. The van der Waals surface area contributed by atoms with E-state index in [4.69, 9.17) is 26.1 Å². The third kappa shape index (κ3) is 6.78. The second kappa shape index (κ2) is 12.5. The van der Waals surface area contributed by atoms with Gasteiger partial charge in [-0.05, 0) is 42.3 Å². The molecule has 2 amide bonds. The first-order valence-electron chi connectivity index (χ1n) is 12.5. The number of hydrogen-bond donors (Lipinski definition) is 1. The number of benzene rings is 3. The van der Waals surface area contributed by atoms with Gasteiger partial charge in [0.15, 0.2) is 11.5 Å². The Morgan fingerprint density at radius 2 is 1.67 bits per heavy atom. The van der Waals surface area contributed by atoms with E-state index in [1.807, 2.05) is 44.3 Å². The molecule has 1 aromatic heterocycles. The molecule has 4 rings (SSSR count). The lowest BCUT2D eigenvalue weighted by Gasteiger charge is -2.24. The average Bonchev–Trinajstić information content (AvgIpc) is 3.35. The molecule has 0 bridgehead atoms. The number of imidazole rings is 1. The quantitative estimate of drug-likeness (QED) is 0.266. The minimum atomic E-state index is -0.366. The highest BCUT2D eigenvalue weighted by Crippen LogP contribution is 2.32. The van der Waals surface area contributed by atoms with Crippen LogP contribution in [0, 0.1) is 5.92 Å². The van der Waals surface area contributed by atoms with Crippen LogP contribution >= 0.6 is 11.6 Å². The molecule has 0 aliphatic rings. The zero-order valence-electron chi connectivity index (χ0n) is 22.3. The number of carbonyl (C=O) groups is 2. The molecule has 0 saturated carbocycles. The number of anilines is 1. The topological polar surface area (TPSA) is 85.7 Å². The van der Waals surface area contributed by atoms with Gasteiger partial charge in [0, 0.05) is 35.0 Å². The molecule has 4 aromatic rings. The minimum Gasteiger partial charge on any atom is -0.493 e. The molecule has 8 nitrogen and oxygen atoms in total. The largest absolute Gasteiger partial charge is 0.493 e. The van der Waals surface area contributed by atoms with Crippen LogP contribution < -0.4 is 14.8 Å². The van der Waals surface area contributed by atoms with Gasteiger partial charge < -0.3 is 14.4 Å². The first-order valence-corrected chi connectivity index (χ1v) is 12.9. The Morgan fingerprint density at radius 1 is 0.974 bits per heavy atom. The normalized spacial score (nSPS) is 10.8. The van der Waals surface area contributed by atoms with E-state index in [2.05, 4.69) is 5.32 Å². The van der Waals surface area contributed by atoms with Crippen molar-refractivity contribution in [1.82, 2.24) is 14.5 Å². The SMILES string of the molecule is COc1ccc(-n2cc(-c3ccc(Cl)cc3)nc2NC(=O)CN(CC(C)C)C(=O)c2ccccc2)cc1OC. The fourth-order valence-corrected chi connectivity index (χ4v) is 4.29. The van der Waals surface area contributed by atoms with E-state index in [0.29, 0.717) is 46.0 Å². The predicted octanol–water partition coefficient (Wildman–Crippen LogP) is 5.95. The lowest BCUT2D eigenvalue weighted by Crippen LogP contribution is -2.40. The van der Waals surface area contributed by atoms with Gasteiger partial charge in [-0.15, -0.1) is 0 Å². The predicted molar refractivity (Wildman–Crippen MR) is 153 cm³/mol. The summed E-state index contributed by atoms with van der Waals surface area (Å²) in [5.41, 5.74) is 2.70. The summed E-state index contributed by atoms with van der Waals surface area (Å²) in [6.45, 7) is 4.32. The van der Waals surface area contributed by atoms with Crippen LogP contribution in [0.15, 0.2) is 79.0 Å². The van der Waals surface area contributed by atoms with E-state index in [-0.39, 0.29) is 24.3 Å². The average molecular weight is 547 g/mol. The van der Waals surface area contributed by atoms with Crippen LogP contribution in [0.3, 0.4) is 0 Å². The van der Waals surface area contributed by atoms with Crippen LogP contribution in [0.25, 0.3) is 16.9 Å². The number of nitrogens with zero attached hydrogens (tertiary/aromatic N) is 3. The first kappa shape index (κ1) is 27.7. The van der Waals surface area contributed by atoms with Crippen LogP contribution in [-0.4, -0.2) is 53.6 Å². The van der Waals surface area contributed by atoms with Crippen LogP contribution in [0.5, 0.6) is 11.5 Å². The second-order valence-corrected chi connectivity index (χ2v) is 9.80. The molecule has 0 atom stereocenters. The number of methoxy groups -OCH3 is 2. The maximum atomic E-state index is 13.3. The summed E-state index contributed by atoms with van der Waals surface area (Å²) in [6, 6.07) is 21.7. The first-order chi connectivity index (χ1) is 18.8. The summed E-state index contributed by atoms with van der Waals surface area (Å²) in [5, 5.41) is 3.52. The number of hydrogen-bond acceptors (Lipinski definition) is 5. The Labute approximate surface area is 233 Å². The number of aromatic nitrogens is 2. The van der Waals surface area contributed by atoms with E-state index in [1.54, 1.807) is 72.2 Å². The van der Waals surface area contributed by atoms with Gasteiger partial charge in [-0.25, -0.2) is 4.98 Å². The van der Waals surface area contributed by atoms with E-state index < -0.39 is 0 Å². The van der Waals surface area contributed by atoms with Gasteiger partial charge in [0.25, 0.3) is 5.91 Å². The van der Waals surface area contributed by atoms with Crippen molar-refractivity contribution >= 4 is 29.4 Å². The third-order valence-corrected chi connectivity index (χ3v) is 6.22. The molecule has 0 aliphatic heterocycles. The Hall–Kier alpha value is -4.30. The smallest absolute Gasteiger partial charge is 0.254 e. The Morgan fingerprint density at radius 3 is 2.31 bits per heavy atom. The molecular weight excluding hydrogens is 516 g/mol. The molecule has 0 spiro atoms. The van der Waals surface area contributed by atoms with E-state index >= 15 is 0 Å². The lowest BCUT2D eigenvalue weighted by molar-refractivity contribution is -0.117. The molecule has 0 saturated heterocycles. The third-order valence-electron chi connectivity index (χ3n) is 5.97. The van der Waals surface area contributed by atoms with Gasteiger partial charge in [-0.2, -0.15) is 0 Å². The van der Waals surface area contributed by atoms with Crippen LogP contribution in [0.2, 0.25) is 5.02 Å². The zero-order chi connectivity index (χ0) is 27.9. The maximum Gasteiger partial charge on any atom is 0.254 e. The Bertz CT molecular complexity index is 1440. The molecule has 202 valence electrons. The van der Waals surface area contributed by atoms with Crippen LogP contribution in [0.1, 0.15) is 24.2 Å². The van der Waals surface area contributed by atoms with E-state index in [1.165, 1.54) is 0 Å². The Kier molecular flexibility index (Phi) is 8.88. The molecule has 1 N–H and O–H groups in total. The number of carbonyl (C=O) groups excluding carboxylic acids is 2.